The van der Waals surface area contributed by atoms with Crippen molar-refractivity contribution >= 4 is 27.3 Å². The van der Waals surface area contributed by atoms with Gasteiger partial charge in [0.25, 0.3) is 10.0 Å². The van der Waals surface area contributed by atoms with Crippen LogP contribution in [0.5, 0.6) is 11.5 Å². The van der Waals surface area contributed by atoms with Gasteiger partial charge >= 0.3 is 0 Å². The Morgan fingerprint density at radius 1 is 1.06 bits per heavy atom. The van der Waals surface area contributed by atoms with E-state index in [-0.39, 0.29) is 22.5 Å². The first kappa shape index (κ1) is 21.5. The van der Waals surface area contributed by atoms with E-state index in [1.807, 2.05) is 6.92 Å². The lowest BCUT2D eigenvalue weighted by Crippen LogP contribution is -2.27. The molecule has 3 atom stereocenters. The SMILES string of the molecule is CCOc1ccc(NS(=O)(=O)c2cc(NC(=O)[C@@H]3C[C@H]4CC[C@H]3C4)ccc2OC)cc1. The number of sulfonamides is 1. The molecule has 2 aromatic carbocycles. The van der Waals surface area contributed by atoms with Crippen LogP contribution in [0, 0.1) is 17.8 Å². The number of hydrogen-bond donors (Lipinski definition) is 2. The molecule has 2 aliphatic carbocycles. The van der Waals surface area contributed by atoms with Gasteiger partial charge < -0.3 is 14.8 Å². The van der Waals surface area contributed by atoms with Crippen LogP contribution in [0.4, 0.5) is 11.4 Å². The summed E-state index contributed by atoms with van der Waals surface area (Å²) in [5.41, 5.74) is 0.850. The summed E-state index contributed by atoms with van der Waals surface area (Å²) in [4.78, 5) is 12.7. The second-order valence-corrected chi connectivity index (χ2v) is 9.85. The van der Waals surface area contributed by atoms with Crippen LogP contribution < -0.4 is 19.5 Å². The number of amides is 1. The van der Waals surface area contributed by atoms with Crippen LogP contribution in [-0.2, 0) is 14.8 Å². The Hall–Kier alpha value is -2.74. The molecule has 0 heterocycles. The first-order valence-electron chi connectivity index (χ1n) is 10.6. The Kier molecular flexibility index (Phi) is 6.09. The standard InChI is InChI=1S/C23H28N2O5S/c1-3-30-19-9-6-17(7-10-19)25-31(27,28)22-14-18(8-11-21(22)29-2)24-23(26)20-13-15-4-5-16(20)12-15/h6-11,14-16,20,25H,3-5,12-13H2,1-2H3,(H,24,26)/t15-,16-,20+/m0/s1. The minimum atomic E-state index is -3.93. The van der Waals surface area contributed by atoms with E-state index in [0.717, 1.165) is 19.3 Å². The van der Waals surface area contributed by atoms with Crippen molar-refractivity contribution in [3.8, 4) is 11.5 Å². The van der Waals surface area contributed by atoms with Crippen LogP contribution in [0.1, 0.15) is 32.6 Å². The highest BCUT2D eigenvalue weighted by atomic mass is 32.2. The number of rotatable bonds is 8. The largest absolute Gasteiger partial charge is 0.495 e. The Bertz CT molecular complexity index is 1050. The van der Waals surface area contributed by atoms with Gasteiger partial charge in [0.15, 0.2) is 0 Å². The zero-order valence-corrected chi connectivity index (χ0v) is 18.6. The number of benzene rings is 2. The zero-order chi connectivity index (χ0) is 22.0. The molecule has 31 heavy (non-hydrogen) atoms. The van der Waals surface area contributed by atoms with Gasteiger partial charge in [-0.2, -0.15) is 0 Å². The van der Waals surface area contributed by atoms with E-state index in [2.05, 4.69) is 10.0 Å². The summed E-state index contributed by atoms with van der Waals surface area (Å²) in [6, 6.07) is 11.3. The van der Waals surface area contributed by atoms with Crippen molar-refractivity contribution in [2.45, 2.75) is 37.5 Å². The summed E-state index contributed by atoms with van der Waals surface area (Å²) in [6.07, 6.45) is 4.39. The lowest BCUT2D eigenvalue weighted by molar-refractivity contribution is -0.121. The maximum atomic E-state index is 13.1. The molecule has 0 unspecified atom stereocenters. The number of carbonyl (C=O) groups excluding carboxylic acids is 1. The molecule has 2 aliphatic rings. The summed E-state index contributed by atoms with van der Waals surface area (Å²) in [5, 5.41) is 2.91. The van der Waals surface area contributed by atoms with Gasteiger partial charge in [0.05, 0.1) is 13.7 Å². The van der Waals surface area contributed by atoms with E-state index in [0.29, 0.717) is 35.6 Å². The van der Waals surface area contributed by atoms with Crippen molar-refractivity contribution in [2.24, 2.45) is 17.8 Å². The molecule has 7 nitrogen and oxygen atoms in total. The predicted octanol–water partition coefficient (Wildman–Crippen LogP) is 4.27. The number of anilines is 2. The number of ether oxygens (including phenoxy) is 2. The van der Waals surface area contributed by atoms with Crippen molar-refractivity contribution in [2.75, 3.05) is 23.8 Å². The minimum absolute atomic E-state index is 0.0166. The second-order valence-electron chi connectivity index (χ2n) is 8.20. The molecule has 2 saturated carbocycles. The molecule has 2 bridgehead atoms. The Morgan fingerprint density at radius 3 is 2.42 bits per heavy atom. The van der Waals surface area contributed by atoms with Gasteiger partial charge in [-0.3, -0.25) is 9.52 Å². The summed E-state index contributed by atoms with van der Waals surface area (Å²) >= 11 is 0. The van der Waals surface area contributed by atoms with E-state index >= 15 is 0 Å². The molecule has 2 aromatic rings. The maximum absolute atomic E-state index is 13.1. The lowest BCUT2D eigenvalue weighted by Gasteiger charge is -2.21. The Labute approximate surface area is 183 Å². The first-order chi connectivity index (χ1) is 14.9. The van der Waals surface area contributed by atoms with Crippen LogP contribution in [0.3, 0.4) is 0 Å². The van der Waals surface area contributed by atoms with Crippen molar-refractivity contribution in [1.82, 2.24) is 0 Å². The van der Waals surface area contributed by atoms with E-state index < -0.39 is 10.0 Å². The molecule has 4 rings (SSSR count). The van der Waals surface area contributed by atoms with Gasteiger partial charge in [0.1, 0.15) is 16.4 Å². The van der Waals surface area contributed by atoms with Crippen molar-refractivity contribution in [3.63, 3.8) is 0 Å². The predicted molar refractivity (Wildman–Crippen MR) is 119 cm³/mol. The fraction of sp³-hybridized carbons (Fsp3) is 0.435. The van der Waals surface area contributed by atoms with E-state index in [1.54, 1.807) is 36.4 Å². The summed E-state index contributed by atoms with van der Waals surface area (Å²) < 4.78 is 39.3. The number of carbonyl (C=O) groups is 1. The van der Waals surface area contributed by atoms with Crippen LogP contribution in [0.25, 0.3) is 0 Å². The molecule has 1 amide bonds. The normalized spacial score (nSPS) is 22.2. The molecule has 0 aliphatic heterocycles. The molecule has 8 heteroatoms. The van der Waals surface area contributed by atoms with Gasteiger partial charge in [-0.25, -0.2) is 8.42 Å². The number of methoxy groups -OCH3 is 1. The number of fused-ring (bicyclic) bond motifs is 2. The Balaban J connectivity index is 1.52. The summed E-state index contributed by atoms with van der Waals surface area (Å²) in [7, 11) is -2.52. The van der Waals surface area contributed by atoms with E-state index in [1.165, 1.54) is 19.6 Å². The second kappa shape index (κ2) is 8.78. The van der Waals surface area contributed by atoms with Crippen molar-refractivity contribution in [1.29, 1.82) is 0 Å². The van der Waals surface area contributed by atoms with E-state index in [4.69, 9.17) is 9.47 Å². The van der Waals surface area contributed by atoms with Gasteiger partial charge in [-0.05, 0) is 80.5 Å². The van der Waals surface area contributed by atoms with Crippen LogP contribution in [0.2, 0.25) is 0 Å². The lowest BCUT2D eigenvalue weighted by atomic mass is 9.88. The third kappa shape index (κ3) is 4.63. The molecule has 2 fully saturated rings. The monoisotopic (exact) mass is 444 g/mol. The molecule has 0 spiro atoms. The molecule has 0 saturated heterocycles. The van der Waals surface area contributed by atoms with Crippen molar-refractivity contribution < 1.29 is 22.7 Å². The highest BCUT2D eigenvalue weighted by molar-refractivity contribution is 7.92. The average Bonchev–Trinajstić information content (AvgIpc) is 3.39. The quantitative estimate of drug-likeness (QED) is 0.634. The molecular formula is C23H28N2O5S. The van der Waals surface area contributed by atoms with Crippen LogP contribution in [0.15, 0.2) is 47.4 Å². The third-order valence-electron chi connectivity index (χ3n) is 6.21. The maximum Gasteiger partial charge on any atom is 0.265 e. The fourth-order valence-electron chi connectivity index (χ4n) is 4.76. The zero-order valence-electron chi connectivity index (χ0n) is 17.8. The number of hydrogen-bond acceptors (Lipinski definition) is 5. The van der Waals surface area contributed by atoms with Gasteiger partial charge in [-0.15, -0.1) is 0 Å². The van der Waals surface area contributed by atoms with Gasteiger partial charge in [-0.1, -0.05) is 6.42 Å². The van der Waals surface area contributed by atoms with Crippen LogP contribution in [-0.4, -0.2) is 28.0 Å². The third-order valence-corrected chi connectivity index (χ3v) is 7.62. The highest BCUT2D eigenvalue weighted by Gasteiger charge is 2.43. The van der Waals surface area contributed by atoms with Gasteiger partial charge in [0.2, 0.25) is 5.91 Å². The van der Waals surface area contributed by atoms with Gasteiger partial charge in [0, 0.05) is 17.3 Å². The highest BCUT2D eigenvalue weighted by Crippen LogP contribution is 2.48. The Morgan fingerprint density at radius 2 is 1.81 bits per heavy atom. The molecule has 166 valence electrons. The molecule has 0 aromatic heterocycles. The topological polar surface area (TPSA) is 93.7 Å². The fourth-order valence-corrected chi connectivity index (χ4v) is 6.02. The number of nitrogens with one attached hydrogen (secondary N) is 2. The molecule has 2 N–H and O–H groups in total. The minimum Gasteiger partial charge on any atom is -0.495 e. The summed E-state index contributed by atoms with van der Waals surface area (Å²) in [5.74, 6) is 1.96. The first-order valence-corrected chi connectivity index (χ1v) is 12.1. The molecule has 0 radical (unpaired) electrons. The average molecular weight is 445 g/mol. The molecular weight excluding hydrogens is 416 g/mol. The van der Waals surface area contributed by atoms with Crippen LogP contribution >= 0.6 is 0 Å². The van der Waals surface area contributed by atoms with E-state index in [9.17, 15) is 13.2 Å². The summed E-state index contributed by atoms with van der Waals surface area (Å²) in [6.45, 7) is 2.41. The smallest absolute Gasteiger partial charge is 0.265 e. The van der Waals surface area contributed by atoms with Crippen molar-refractivity contribution in [3.05, 3.63) is 42.5 Å².